The number of hydrogen-bond acceptors (Lipinski definition) is 3. The third kappa shape index (κ3) is 4.88. The average molecular weight is 280 g/mol. The number of carbonyl (C=O) groups is 1. The number of benzene rings is 1. The minimum absolute atomic E-state index is 0.00671. The molecule has 0 bridgehead atoms. The number of thioether (sulfide) groups is 1. The molecule has 1 aromatic carbocycles. The number of nitrogens with one attached hydrogen (secondary N) is 1. The summed E-state index contributed by atoms with van der Waals surface area (Å²) in [5, 5.41) is 2.95. The molecule has 1 rings (SSSR count). The minimum atomic E-state index is -0.444. The molecule has 1 aromatic rings. The molecular weight excluding hydrogens is 256 g/mol. The second kappa shape index (κ2) is 6.96. The first-order chi connectivity index (χ1) is 8.86. The van der Waals surface area contributed by atoms with E-state index in [1.165, 1.54) is 0 Å². The van der Waals surface area contributed by atoms with Gasteiger partial charge in [0.05, 0.1) is 6.04 Å². The highest BCUT2D eigenvalue weighted by Crippen LogP contribution is 2.29. The van der Waals surface area contributed by atoms with E-state index >= 15 is 0 Å². The Balaban J connectivity index is 2.80. The Kier molecular flexibility index (Phi) is 5.88. The van der Waals surface area contributed by atoms with Gasteiger partial charge in [-0.1, -0.05) is 39.0 Å². The Morgan fingerprint density at radius 1 is 1.37 bits per heavy atom. The zero-order chi connectivity index (χ0) is 14.5. The number of nitrogens with two attached hydrogens (primary N) is 1. The van der Waals surface area contributed by atoms with Gasteiger partial charge in [-0.05, 0) is 35.5 Å². The lowest BCUT2D eigenvalue weighted by atomic mass is 9.86. The van der Waals surface area contributed by atoms with Crippen molar-refractivity contribution in [2.24, 2.45) is 5.73 Å². The van der Waals surface area contributed by atoms with Crippen LogP contribution in [0.4, 0.5) is 5.69 Å². The van der Waals surface area contributed by atoms with Crippen LogP contribution in [0.1, 0.15) is 32.8 Å². The van der Waals surface area contributed by atoms with Crippen molar-refractivity contribution in [2.45, 2.75) is 38.6 Å². The summed E-state index contributed by atoms with van der Waals surface area (Å²) < 4.78 is 0. The van der Waals surface area contributed by atoms with E-state index in [0.29, 0.717) is 6.42 Å². The molecule has 0 saturated carbocycles. The normalized spacial score (nSPS) is 13.1. The molecule has 0 heterocycles. The molecule has 0 aromatic heterocycles. The second-order valence-electron chi connectivity index (χ2n) is 5.67. The number of amides is 1. The fourth-order valence-corrected chi connectivity index (χ4v) is 2.34. The van der Waals surface area contributed by atoms with Crippen LogP contribution in [0.3, 0.4) is 0 Å². The van der Waals surface area contributed by atoms with Crippen molar-refractivity contribution in [3.05, 3.63) is 29.8 Å². The molecule has 0 radical (unpaired) electrons. The van der Waals surface area contributed by atoms with Gasteiger partial charge in [-0.25, -0.2) is 0 Å². The van der Waals surface area contributed by atoms with Crippen molar-refractivity contribution in [2.75, 3.05) is 17.3 Å². The molecule has 3 nitrogen and oxygen atoms in total. The van der Waals surface area contributed by atoms with Gasteiger partial charge in [-0.3, -0.25) is 4.79 Å². The Labute approximate surface area is 120 Å². The Morgan fingerprint density at radius 3 is 2.58 bits per heavy atom. The van der Waals surface area contributed by atoms with Gasteiger partial charge in [-0.15, -0.1) is 0 Å². The van der Waals surface area contributed by atoms with E-state index in [1.807, 2.05) is 30.5 Å². The molecule has 1 atom stereocenters. The molecule has 4 heteroatoms. The Bertz CT molecular complexity index is 426. The summed E-state index contributed by atoms with van der Waals surface area (Å²) in [4.78, 5) is 12.1. The lowest BCUT2D eigenvalue weighted by Gasteiger charge is -2.23. The molecule has 0 aliphatic carbocycles. The Hall–Kier alpha value is -1.00. The van der Waals surface area contributed by atoms with Gasteiger partial charge in [-0.2, -0.15) is 11.8 Å². The lowest BCUT2D eigenvalue weighted by molar-refractivity contribution is -0.117. The highest BCUT2D eigenvalue weighted by atomic mass is 32.2. The fourth-order valence-electron chi connectivity index (χ4n) is 1.85. The third-order valence-electron chi connectivity index (χ3n) is 2.96. The van der Waals surface area contributed by atoms with Crippen LogP contribution in [-0.2, 0) is 10.2 Å². The smallest absolute Gasteiger partial charge is 0.241 e. The standard InChI is InChI=1S/C15H24N2OS/c1-15(2,3)11-7-5-6-8-13(11)17-14(18)12(16)9-10-19-4/h5-8,12H,9-10,16H2,1-4H3,(H,17,18)/t12-/m0/s1. The largest absolute Gasteiger partial charge is 0.324 e. The summed E-state index contributed by atoms with van der Waals surface area (Å²) in [6.45, 7) is 6.39. The van der Waals surface area contributed by atoms with Crippen LogP contribution in [-0.4, -0.2) is 24.0 Å². The molecule has 0 spiro atoms. The highest BCUT2D eigenvalue weighted by molar-refractivity contribution is 7.98. The quantitative estimate of drug-likeness (QED) is 0.871. The van der Waals surface area contributed by atoms with E-state index in [0.717, 1.165) is 17.0 Å². The maximum Gasteiger partial charge on any atom is 0.241 e. The number of para-hydroxylation sites is 1. The molecule has 0 unspecified atom stereocenters. The third-order valence-corrected chi connectivity index (χ3v) is 3.61. The van der Waals surface area contributed by atoms with Crippen molar-refractivity contribution < 1.29 is 4.79 Å². The number of anilines is 1. The molecular formula is C15H24N2OS. The minimum Gasteiger partial charge on any atom is -0.324 e. The summed E-state index contributed by atoms with van der Waals surface area (Å²) in [6, 6.07) is 7.45. The SMILES string of the molecule is CSCC[C@H](N)C(=O)Nc1ccccc1C(C)(C)C. The first kappa shape index (κ1) is 16.1. The summed E-state index contributed by atoms with van der Waals surface area (Å²) in [5.41, 5.74) is 7.86. The molecule has 1 amide bonds. The van der Waals surface area contributed by atoms with E-state index in [4.69, 9.17) is 5.73 Å². The van der Waals surface area contributed by atoms with Gasteiger partial charge >= 0.3 is 0 Å². The number of rotatable bonds is 5. The van der Waals surface area contributed by atoms with Gasteiger partial charge in [0.2, 0.25) is 5.91 Å². The van der Waals surface area contributed by atoms with Crippen LogP contribution in [0.5, 0.6) is 0 Å². The molecule has 0 fully saturated rings. The molecule has 0 aliphatic rings. The van der Waals surface area contributed by atoms with E-state index in [2.05, 4.69) is 26.1 Å². The zero-order valence-corrected chi connectivity index (χ0v) is 13.0. The maximum atomic E-state index is 12.1. The van der Waals surface area contributed by atoms with E-state index < -0.39 is 6.04 Å². The van der Waals surface area contributed by atoms with Crippen molar-refractivity contribution in [1.29, 1.82) is 0 Å². The van der Waals surface area contributed by atoms with Crippen LogP contribution in [0.2, 0.25) is 0 Å². The Morgan fingerprint density at radius 2 is 2.00 bits per heavy atom. The summed E-state index contributed by atoms with van der Waals surface area (Å²) in [7, 11) is 0. The van der Waals surface area contributed by atoms with E-state index in [-0.39, 0.29) is 11.3 Å². The van der Waals surface area contributed by atoms with Gasteiger partial charge in [0.1, 0.15) is 0 Å². The number of carbonyl (C=O) groups excluding carboxylic acids is 1. The lowest BCUT2D eigenvalue weighted by Crippen LogP contribution is -2.36. The van der Waals surface area contributed by atoms with Gasteiger partial charge in [0, 0.05) is 5.69 Å². The van der Waals surface area contributed by atoms with Gasteiger partial charge in [0.25, 0.3) is 0 Å². The molecule has 19 heavy (non-hydrogen) atoms. The second-order valence-corrected chi connectivity index (χ2v) is 6.66. The van der Waals surface area contributed by atoms with Gasteiger partial charge in [0.15, 0.2) is 0 Å². The first-order valence-electron chi connectivity index (χ1n) is 6.51. The zero-order valence-electron chi connectivity index (χ0n) is 12.2. The predicted octanol–water partition coefficient (Wildman–Crippen LogP) is 3.00. The van der Waals surface area contributed by atoms with E-state index in [9.17, 15) is 4.79 Å². The van der Waals surface area contributed by atoms with Crippen LogP contribution in [0, 0.1) is 0 Å². The molecule has 0 aliphatic heterocycles. The van der Waals surface area contributed by atoms with Crippen LogP contribution < -0.4 is 11.1 Å². The fraction of sp³-hybridized carbons (Fsp3) is 0.533. The number of hydrogen-bond donors (Lipinski definition) is 2. The first-order valence-corrected chi connectivity index (χ1v) is 7.90. The predicted molar refractivity (Wildman–Crippen MR) is 84.7 cm³/mol. The summed E-state index contributed by atoms with van der Waals surface area (Å²) >= 11 is 1.70. The van der Waals surface area contributed by atoms with Crippen molar-refractivity contribution in [3.63, 3.8) is 0 Å². The summed E-state index contributed by atoms with van der Waals surface area (Å²) in [6.07, 6.45) is 2.71. The van der Waals surface area contributed by atoms with Crippen molar-refractivity contribution in [3.8, 4) is 0 Å². The van der Waals surface area contributed by atoms with Crippen LogP contribution in [0.25, 0.3) is 0 Å². The van der Waals surface area contributed by atoms with Crippen molar-refractivity contribution >= 4 is 23.4 Å². The van der Waals surface area contributed by atoms with Crippen LogP contribution in [0.15, 0.2) is 24.3 Å². The van der Waals surface area contributed by atoms with Crippen LogP contribution >= 0.6 is 11.8 Å². The topological polar surface area (TPSA) is 55.1 Å². The molecule has 3 N–H and O–H groups in total. The monoisotopic (exact) mass is 280 g/mol. The maximum absolute atomic E-state index is 12.1. The van der Waals surface area contributed by atoms with Gasteiger partial charge < -0.3 is 11.1 Å². The molecule has 106 valence electrons. The highest BCUT2D eigenvalue weighted by Gasteiger charge is 2.20. The van der Waals surface area contributed by atoms with E-state index in [1.54, 1.807) is 11.8 Å². The average Bonchev–Trinajstić information content (AvgIpc) is 2.35. The summed E-state index contributed by atoms with van der Waals surface area (Å²) in [5.74, 6) is 0.793. The van der Waals surface area contributed by atoms with Crippen molar-refractivity contribution in [1.82, 2.24) is 0 Å². The molecule has 0 saturated heterocycles.